The Morgan fingerprint density at radius 3 is 2.75 bits per heavy atom. The summed E-state index contributed by atoms with van der Waals surface area (Å²) in [5, 5.41) is 7.32. The van der Waals surface area contributed by atoms with Gasteiger partial charge in [0.2, 0.25) is 0 Å². The van der Waals surface area contributed by atoms with Crippen LogP contribution >= 0.6 is 27.3 Å². The maximum Gasteiger partial charge on any atom is 0.264 e. The third kappa shape index (κ3) is 4.21. The van der Waals surface area contributed by atoms with Gasteiger partial charge in [0.05, 0.1) is 5.69 Å². The van der Waals surface area contributed by atoms with Crippen molar-refractivity contribution < 1.29 is 13.9 Å². The van der Waals surface area contributed by atoms with Gasteiger partial charge in [0, 0.05) is 15.4 Å². The molecule has 0 atom stereocenters. The van der Waals surface area contributed by atoms with Crippen LogP contribution in [0, 0.1) is 5.82 Å². The summed E-state index contributed by atoms with van der Waals surface area (Å²) in [6.45, 7) is -0.302. The van der Waals surface area contributed by atoms with Crippen molar-refractivity contribution in [2.75, 3.05) is 11.9 Å². The molecular weight excluding hydrogens is 443 g/mol. The molecule has 0 saturated heterocycles. The fourth-order valence-electron chi connectivity index (χ4n) is 2.70. The molecule has 1 amide bonds. The van der Waals surface area contributed by atoms with E-state index in [0.29, 0.717) is 9.60 Å². The largest absolute Gasteiger partial charge is 0.481 e. The quantitative estimate of drug-likeness (QED) is 0.407. The molecule has 0 spiro atoms. The first-order valence-corrected chi connectivity index (χ1v) is 10.1. The lowest BCUT2D eigenvalue weighted by atomic mass is 10.1. The number of nitrogens with zero attached hydrogens (tertiary/aromatic N) is 1. The number of hydrogen-bond donors (Lipinski definition) is 1. The lowest BCUT2D eigenvalue weighted by molar-refractivity contribution is -0.118. The monoisotopic (exact) mass is 456 g/mol. The van der Waals surface area contributed by atoms with E-state index in [1.165, 1.54) is 23.5 Å². The zero-order chi connectivity index (χ0) is 19.5. The number of anilines is 1. The molecule has 0 aliphatic carbocycles. The van der Waals surface area contributed by atoms with E-state index in [9.17, 15) is 9.18 Å². The number of rotatable bonds is 5. The molecule has 1 heterocycles. The third-order valence-electron chi connectivity index (χ3n) is 4.05. The minimum Gasteiger partial charge on any atom is -0.481 e. The van der Waals surface area contributed by atoms with Crippen molar-refractivity contribution in [1.82, 2.24) is 4.98 Å². The fourth-order valence-corrected chi connectivity index (χ4v) is 3.77. The van der Waals surface area contributed by atoms with Gasteiger partial charge in [-0.1, -0.05) is 52.3 Å². The molecule has 0 saturated carbocycles. The Kier molecular flexibility index (Phi) is 5.36. The summed E-state index contributed by atoms with van der Waals surface area (Å²) >= 11 is 4.50. The summed E-state index contributed by atoms with van der Waals surface area (Å²) in [5.41, 5.74) is 1.76. The Labute approximate surface area is 173 Å². The van der Waals surface area contributed by atoms with Crippen LogP contribution in [0.5, 0.6) is 5.75 Å². The van der Waals surface area contributed by atoms with Crippen molar-refractivity contribution in [3.05, 3.63) is 76.3 Å². The predicted molar refractivity (Wildman–Crippen MR) is 113 cm³/mol. The van der Waals surface area contributed by atoms with E-state index >= 15 is 0 Å². The summed E-state index contributed by atoms with van der Waals surface area (Å²) in [7, 11) is 0. The van der Waals surface area contributed by atoms with Crippen molar-refractivity contribution in [2.24, 2.45) is 0 Å². The van der Waals surface area contributed by atoms with Gasteiger partial charge >= 0.3 is 0 Å². The standard InChI is InChI=1S/C21H14BrFN2O2S/c22-16-7-8-19(17(23)10-16)27-11-20(26)25-21-24-18(12-28-21)15-6-5-13-3-1-2-4-14(13)9-15/h1-10,12H,11H2,(H,24,25,26). The van der Waals surface area contributed by atoms with Gasteiger partial charge in [0.15, 0.2) is 23.3 Å². The van der Waals surface area contributed by atoms with Crippen LogP contribution in [0.1, 0.15) is 0 Å². The number of thiazole rings is 1. The maximum absolute atomic E-state index is 13.7. The third-order valence-corrected chi connectivity index (χ3v) is 5.30. The smallest absolute Gasteiger partial charge is 0.264 e. The second kappa shape index (κ2) is 8.08. The van der Waals surface area contributed by atoms with Gasteiger partial charge in [-0.3, -0.25) is 10.1 Å². The van der Waals surface area contributed by atoms with Crippen molar-refractivity contribution in [3.63, 3.8) is 0 Å². The Bertz CT molecular complexity index is 1160. The van der Waals surface area contributed by atoms with Crippen LogP contribution in [0.15, 0.2) is 70.5 Å². The van der Waals surface area contributed by atoms with Crippen LogP contribution in [-0.2, 0) is 4.79 Å². The first kappa shape index (κ1) is 18.6. The fraction of sp³-hybridized carbons (Fsp3) is 0.0476. The summed E-state index contributed by atoms with van der Waals surface area (Å²) < 4.78 is 19.6. The average molecular weight is 457 g/mol. The molecule has 0 aliphatic rings. The minimum absolute atomic E-state index is 0.0225. The van der Waals surface area contributed by atoms with E-state index in [4.69, 9.17) is 4.74 Å². The number of halogens is 2. The lowest BCUT2D eigenvalue weighted by Crippen LogP contribution is -2.20. The van der Waals surface area contributed by atoms with Crippen LogP contribution in [0.3, 0.4) is 0 Å². The number of amides is 1. The molecule has 0 unspecified atom stereocenters. The normalized spacial score (nSPS) is 10.8. The molecule has 3 aromatic carbocycles. The maximum atomic E-state index is 13.7. The summed E-state index contributed by atoms with van der Waals surface area (Å²) in [6.07, 6.45) is 0. The lowest BCUT2D eigenvalue weighted by Gasteiger charge is -2.07. The summed E-state index contributed by atoms with van der Waals surface area (Å²) in [6, 6.07) is 18.6. The second-order valence-corrected chi connectivity index (χ2v) is 7.79. The number of fused-ring (bicyclic) bond motifs is 1. The first-order valence-electron chi connectivity index (χ1n) is 8.41. The number of hydrogen-bond acceptors (Lipinski definition) is 4. The van der Waals surface area contributed by atoms with E-state index in [1.807, 2.05) is 35.7 Å². The number of ether oxygens (including phenoxy) is 1. The molecular formula is C21H14BrFN2O2S. The van der Waals surface area contributed by atoms with Gasteiger partial charge < -0.3 is 4.74 Å². The van der Waals surface area contributed by atoms with Crippen LogP contribution in [0.4, 0.5) is 9.52 Å². The van der Waals surface area contributed by atoms with Crippen molar-refractivity contribution in [2.45, 2.75) is 0 Å². The van der Waals surface area contributed by atoms with E-state index in [2.05, 4.69) is 38.4 Å². The highest BCUT2D eigenvalue weighted by Gasteiger charge is 2.11. The van der Waals surface area contributed by atoms with Crippen molar-refractivity contribution >= 4 is 49.1 Å². The molecule has 1 aromatic heterocycles. The van der Waals surface area contributed by atoms with Gasteiger partial charge in [-0.15, -0.1) is 11.3 Å². The van der Waals surface area contributed by atoms with Crippen molar-refractivity contribution in [1.29, 1.82) is 0 Å². The Hall–Kier alpha value is -2.77. The average Bonchev–Trinajstić information content (AvgIpc) is 3.15. The number of carbonyl (C=O) groups excluding carboxylic acids is 1. The van der Waals surface area contributed by atoms with E-state index in [0.717, 1.165) is 22.0 Å². The Balaban J connectivity index is 1.41. The summed E-state index contributed by atoms with van der Waals surface area (Å²) in [5.74, 6) is -0.911. The van der Waals surface area contributed by atoms with Crippen LogP contribution in [-0.4, -0.2) is 17.5 Å². The molecule has 0 aliphatic heterocycles. The van der Waals surface area contributed by atoms with Crippen LogP contribution < -0.4 is 10.1 Å². The highest BCUT2D eigenvalue weighted by Crippen LogP contribution is 2.28. The van der Waals surface area contributed by atoms with E-state index in [-0.39, 0.29) is 12.4 Å². The van der Waals surface area contributed by atoms with Crippen molar-refractivity contribution in [3.8, 4) is 17.0 Å². The molecule has 7 heteroatoms. The molecule has 1 N–H and O–H groups in total. The number of benzene rings is 3. The Morgan fingerprint density at radius 2 is 1.93 bits per heavy atom. The van der Waals surface area contributed by atoms with Gasteiger partial charge in [0.25, 0.3) is 5.91 Å². The Morgan fingerprint density at radius 1 is 1.11 bits per heavy atom. The molecule has 0 bridgehead atoms. The number of aromatic nitrogens is 1. The SMILES string of the molecule is O=C(COc1ccc(Br)cc1F)Nc1nc(-c2ccc3ccccc3c2)cs1. The molecule has 28 heavy (non-hydrogen) atoms. The van der Waals surface area contributed by atoms with Gasteiger partial charge in [-0.05, 0) is 35.0 Å². The highest BCUT2D eigenvalue weighted by atomic mass is 79.9. The minimum atomic E-state index is -0.532. The molecule has 4 rings (SSSR count). The van der Waals surface area contributed by atoms with Gasteiger partial charge in [-0.25, -0.2) is 9.37 Å². The molecule has 4 aromatic rings. The topological polar surface area (TPSA) is 51.2 Å². The molecule has 0 fully saturated rings. The highest BCUT2D eigenvalue weighted by molar-refractivity contribution is 9.10. The molecule has 0 radical (unpaired) electrons. The zero-order valence-electron chi connectivity index (χ0n) is 14.5. The molecule has 140 valence electrons. The van der Waals surface area contributed by atoms with Crippen LogP contribution in [0.25, 0.3) is 22.0 Å². The van der Waals surface area contributed by atoms with E-state index in [1.54, 1.807) is 6.07 Å². The number of nitrogens with one attached hydrogen (secondary N) is 1. The molecule has 4 nitrogen and oxygen atoms in total. The zero-order valence-corrected chi connectivity index (χ0v) is 16.9. The number of carbonyl (C=O) groups is 1. The second-order valence-electron chi connectivity index (χ2n) is 6.01. The van der Waals surface area contributed by atoms with E-state index < -0.39 is 11.7 Å². The summed E-state index contributed by atoms with van der Waals surface area (Å²) in [4.78, 5) is 16.5. The van der Waals surface area contributed by atoms with Gasteiger partial charge in [-0.2, -0.15) is 0 Å². The van der Waals surface area contributed by atoms with Crippen LogP contribution in [0.2, 0.25) is 0 Å². The predicted octanol–water partition coefficient (Wildman–Crippen LogP) is 5.88. The van der Waals surface area contributed by atoms with Gasteiger partial charge in [0.1, 0.15) is 0 Å². The first-order chi connectivity index (χ1) is 13.6.